The highest BCUT2D eigenvalue weighted by molar-refractivity contribution is 6.32. The van der Waals surface area contributed by atoms with Crippen molar-refractivity contribution in [3.8, 4) is 5.75 Å². The molecule has 10 heteroatoms. The monoisotopic (exact) mass is 446 g/mol. The largest absolute Gasteiger partial charge is 0.479 e. The van der Waals surface area contributed by atoms with Gasteiger partial charge in [0.25, 0.3) is 5.91 Å². The number of nitrogens with zero attached hydrogens (tertiary/aromatic N) is 1. The lowest BCUT2D eigenvalue weighted by Crippen LogP contribution is -2.37. The minimum absolute atomic E-state index is 0.0115. The van der Waals surface area contributed by atoms with Crippen LogP contribution >= 0.6 is 11.6 Å². The van der Waals surface area contributed by atoms with Crippen molar-refractivity contribution in [1.29, 1.82) is 0 Å². The van der Waals surface area contributed by atoms with Gasteiger partial charge in [0.15, 0.2) is 6.10 Å². The van der Waals surface area contributed by atoms with E-state index in [1.807, 2.05) is 4.90 Å². The molecule has 1 saturated heterocycles. The number of halogens is 5. The first kappa shape index (κ1) is 22.2. The summed E-state index contributed by atoms with van der Waals surface area (Å²) in [6, 6.07) is 6.61. The standard InChI is InChI=1S/C20H19ClF4N2O3/c1-12(30-18-5-3-14(22)11-15(18)21)19(28)26-16-10-13(20(23,24)25)2-4-17(16)27-6-8-29-9-7-27/h2-5,10-12H,6-9H2,1H3,(H,26,28). The number of amides is 1. The van der Waals surface area contributed by atoms with Crippen LogP contribution in [0.1, 0.15) is 12.5 Å². The lowest BCUT2D eigenvalue weighted by atomic mass is 10.1. The van der Waals surface area contributed by atoms with Crippen molar-refractivity contribution in [2.24, 2.45) is 0 Å². The van der Waals surface area contributed by atoms with E-state index in [-0.39, 0.29) is 16.5 Å². The maximum Gasteiger partial charge on any atom is 0.416 e. The zero-order chi connectivity index (χ0) is 21.9. The molecule has 1 aliphatic rings. The van der Waals surface area contributed by atoms with Gasteiger partial charge in [0.2, 0.25) is 0 Å². The first-order chi connectivity index (χ1) is 14.1. The number of carbonyl (C=O) groups is 1. The van der Waals surface area contributed by atoms with Crippen LogP contribution in [0.2, 0.25) is 5.02 Å². The molecule has 1 unspecified atom stereocenters. The predicted octanol–water partition coefficient (Wildman–Crippen LogP) is 4.74. The normalized spacial score (nSPS) is 15.6. The molecule has 1 fully saturated rings. The van der Waals surface area contributed by atoms with E-state index in [0.29, 0.717) is 32.0 Å². The van der Waals surface area contributed by atoms with Gasteiger partial charge in [-0.05, 0) is 43.3 Å². The Labute approximate surface area is 175 Å². The molecule has 0 spiro atoms. The lowest BCUT2D eigenvalue weighted by Gasteiger charge is -2.31. The summed E-state index contributed by atoms with van der Waals surface area (Å²) in [5.74, 6) is -1.16. The summed E-state index contributed by atoms with van der Waals surface area (Å²) in [5, 5.41) is 2.48. The van der Waals surface area contributed by atoms with Crippen LogP contribution < -0.4 is 15.0 Å². The zero-order valence-corrected chi connectivity index (χ0v) is 16.7. The van der Waals surface area contributed by atoms with Crippen LogP contribution in [0.5, 0.6) is 5.75 Å². The number of rotatable bonds is 5. The van der Waals surface area contributed by atoms with Crippen molar-refractivity contribution in [3.63, 3.8) is 0 Å². The number of ether oxygens (including phenoxy) is 2. The van der Waals surface area contributed by atoms with E-state index < -0.39 is 29.6 Å². The first-order valence-electron chi connectivity index (χ1n) is 9.11. The second kappa shape index (κ2) is 9.09. The highest BCUT2D eigenvalue weighted by atomic mass is 35.5. The van der Waals surface area contributed by atoms with Crippen LogP contribution in [-0.2, 0) is 15.7 Å². The Morgan fingerprint density at radius 2 is 1.90 bits per heavy atom. The van der Waals surface area contributed by atoms with Gasteiger partial charge in [-0.15, -0.1) is 0 Å². The molecule has 0 saturated carbocycles. The van der Waals surface area contributed by atoms with E-state index in [9.17, 15) is 22.4 Å². The van der Waals surface area contributed by atoms with E-state index in [0.717, 1.165) is 24.3 Å². The van der Waals surface area contributed by atoms with Gasteiger partial charge >= 0.3 is 6.18 Å². The molecule has 1 aliphatic heterocycles. The molecule has 1 amide bonds. The number of carbonyl (C=O) groups excluding carboxylic acids is 1. The van der Waals surface area contributed by atoms with Crippen molar-refractivity contribution < 1.29 is 31.8 Å². The fraction of sp³-hybridized carbons (Fsp3) is 0.350. The lowest BCUT2D eigenvalue weighted by molar-refractivity contribution is -0.137. The van der Waals surface area contributed by atoms with Crippen molar-refractivity contribution in [2.45, 2.75) is 19.2 Å². The highest BCUT2D eigenvalue weighted by Gasteiger charge is 2.32. The summed E-state index contributed by atoms with van der Waals surface area (Å²) < 4.78 is 63.4. The number of anilines is 2. The van der Waals surface area contributed by atoms with Gasteiger partial charge in [-0.1, -0.05) is 11.6 Å². The maximum atomic E-state index is 13.2. The molecule has 3 rings (SSSR count). The average molecular weight is 447 g/mol. The van der Waals surface area contributed by atoms with E-state index in [4.69, 9.17) is 21.1 Å². The Morgan fingerprint density at radius 1 is 1.20 bits per heavy atom. The number of benzene rings is 2. The Balaban J connectivity index is 1.82. The van der Waals surface area contributed by atoms with Crippen LogP contribution in [-0.4, -0.2) is 38.3 Å². The van der Waals surface area contributed by atoms with E-state index >= 15 is 0 Å². The number of nitrogens with one attached hydrogen (secondary N) is 1. The van der Waals surface area contributed by atoms with Gasteiger partial charge in [0.05, 0.1) is 35.2 Å². The van der Waals surface area contributed by atoms with Crippen LogP contribution in [0.15, 0.2) is 36.4 Å². The third-order valence-corrected chi connectivity index (χ3v) is 4.80. The van der Waals surface area contributed by atoms with Gasteiger partial charge in [0.1, 0.15) is 11.6 Å². The molecule has 1 atom stereocenters. The number of alkyl halides is 3. The van der Waals surface area contributed by atoms with Gasteiger partial charge in [-0.2, -0.15) is 13.2 Å². The van der Waals surface area contributed by atoms with Crippen LogP contribution in [0, 0.1) is 5.82 Å². The molecule has 2 aromatic carbocycles. The SMILES string of the molecule is CC(Oc1ccc(F)cc1Cl)C(=O)Nc1cc(C(F)(F)F)ccc1N1CCOCC1. The quantitative estimate of drug-likeness (QED) is 0.674. The Kier molecular flexibility index (Phi) is 6.72. The third-order valence-electron chi connectivity index (χ3n) is 4.50. The summed E-state index contributed by atoms with van der Waals surface area (Å²) in [4.78, 5) is 14.4. The highest BCUT2D eigenvalue weighted by Crippen LogP contribution is 2.36. The molecule has 1 heterocycles. The third kappa shape index (κ3) is 5.34. The van der Waals surface area contributed by atoms with Gasteiger partial charge in [-0.3, -0.25) is 4.79 Å². The average Bonchev–Trinajstić information content (AvgIpc) is 2.70. The molecule has 0 radical (unpaired) electrons. The fourth-order valence-electron chi connectivity index (χ4n) is 2.94. The fourth-order valence-corrected chi connectivity index (χ4v) is 3.15. The van der Waals surface area contributed by atoms with E-state index in [2.05, 4.69) is 5.32 Å². The molecule has 162 valence electrons. The van der Waals surface area contributed by atoms with Crippen molar-refractivity contribution in [3.05, 3.63) is 52.8 Å². The summed E-state index contributed by atoms with van der Waals surface area (Å²) in [5.41, 5.74) is -0.422. The number of hydrogen-bond acceptors (Lipinski definition) is 4. The molecule has 5 nitrogen and oxygen atoms in total. The number of morpholine rings is 1. The Bertz CT molecular complexity index is 917. The molecule has 0 aliphatic carbocycles. The molecular weight excluding hydrogens is 428 g/mol. The van der Waals surface area contributed by atoms with Gasteiger partial charge < -0.3 is 19.7 Å². The zero-order valence-electron chi connectivity index (χ0n) is 15.9. The summed E-state index contributed by atoms with van der Waals surface area (Å²) >= 11 is 5.90. The Morgan fingerprint density at radius 3 is 2.53 bits per heavy atom. The van der Waals surface area contributed by atoms with Gasteiger partial charge in [0, 0.05) is 13.1 Å². The number of hydrogen-bond donors (Lipinski definition) is 1. The molecule has 2 aromatic rings. The van der Waals surface area contributed by atoms with Crippen molar-refractivity contribution in [1.82, 2.24) is 0 Å². The summed E-state index contributed by atoms with van der Waals surface area (Å²) in [6.45, 7) is 3.22. The minimum Gasteiger partial charge on any atom is -0.479 e. The molecular formula is C20H19ClF4N2O3. The topological polar surface area (TPSA) is 50.8 Å². The van der Waals surface area contributed by atoms with E-state index in [1.165, 1.54) is 19.1 Å². The molecule has 30 heavy (non-hydrogen) atoms. The van der Waals surface area contributed by atoms with Crippen molar-refractivity contribution in [2.75, 3.05) is 36.5 Å². The first-order valence-corrected chi connectivity index (χ1v) is 9.49. The minimum atomic E-state index is -4.56. The van der Waals surface area contributed by atoms with Crippen LogP contribution in [0.3, 0.4) is 0 Å². The Hall–Kier alpha value is -2.52. The molecule has 0 bridgehead atoms. The molecule has 1 N–H and O–H groups in total. The maximum absolute atomic E-state index is 13.2. The van der Waals surface area contributed by atoms with Crippen LogP contribution in [0.4, 0.5) is 28.9 Å². The van der Waals surface area contributed by atoms with Gasteiger partial charge in [-0.25, -0.2) is 4.39 Å². The smallest absolute Gasteiger partial charge is 0.416 e. The predicted molar refractivity (Wildman–Crippen MR) is 105 cm³/mol. The van der Waals surface area contributed by atoms with Crippen molar-refractivity contribution >= 4 is 28.9 Å². The summed E-state index contributed by atoms with van der Waals surface area (Å²) in [6.07, 6.45) is -5.66. The van der Waals surface area contributed by atoms with Crippen LogP contribution in [0.25, 0.3) is 0 Å². The second-order valence-corrected chi connectivity index (χ2v) is 7.06. The van der Waals surface area contributed by atoms with E-state index in [1.54, 1.807) is 0 Å². The summed E-state index contributed by atoms with van der Waals surface area (Å²) in [7, 11) is 0. The molecule has 0 aromatic heterocycles. The second-order valence-electron chi connectivity index (χ2n) is 6.65.